The van der Waals surface area contributed by atoms with Gasteiger partial charge in [0.15, 0.2) is 5.82 Å². The molecule has 1 aliphatic heterocycles. The average Bonchev–Trinajstić information content (AvgIpc) is 3.15. The summed E-state index contributed by atoms with van der Waals surface area (Å²) in [7, 11) is 5.35. The van der Waals surface area contributed by atoms with E-state index in [9.17, 15) is 4.79 Å². The van der Waals surface area contributed by atoms with E-state index in [0.717, 1.165) is 31.9 Å². The van der Waals surface area contributed by atoms with Crippen LogP contribution < -0.4 is 0 Å². The van der Waals surface area contributed by atoms with Crippen LogP contribution in [-0.4, -0.2) is 64.3 Å². The van der Waals surface area contributed by atoms with E-state index in [0.29, 0.717) is 17.4 Å². The second kappa shape index (κ2) is 6.74. The van der Waals surface area contributed by atoms with Crippen LogP contribution in [0.2, 0.25) is 0 Å². The van der Waals surface area contributed by atoms with E-state index in [-0.39, 0.29) is 12.0 Å². The Hall–Kier alpha value is -2.19. The van der Waals surface area contributed by atoms with E-state index in [4.69, 9.17) is 9.26 Å². The fraction of sp³-hybridized carbons (Fsp3) is 0.562. The Morgan fingerprint density at radius 1 is 1.38 bits per heavy atom. The Bertz CT molecular complexity index is 723. The van der Waals surface area contributed by atoms with Crippen LogP contribution in [0.15, 0.2) is 16.7 Å². The highest BCUT2D eigenvalue weighted by atomic mass is 16.5. The fourth-order valence-corrected chi connectivity index (χ4v) is 3.04. The number of nitrogens with zero attached hydrogens (tertiary/aromatic N) is 5. The second-order valence-corrected chi connectivity index (χ2v) is 6.17. The van der Waals surface area contributed by atoms with Gasteiger partial charge in [-0.2, -0.15) is 4.98 Å². The molecular weight excluding hydrogens is 310 g/mol. The zero-order valence-electron chi connectivity index (χ0n) is 14.5. The van der Waals surface area contributed by atoms with Crippen LogP contribution in [0.1, 0.15) is 33.9 Å². The fourth-order valence-electron chi connectivity index (χ4n) is 3.04. The Morgan fingerprint density at radius 2 is 2.17 bits per heavy atom. The van der Waals surface area contributed by atoms with Crippen molar-refractivity contribution < 1.29 is 14.1 Å². The van der Waals surface area contributed by atoms with Gasteiger partial charge in [-0.1, -0.05) is 5.16 Å². The molecule has 0 aromatic carbocycles. The first-order valence-electron chi connectivity index (χ1n) is 7.95. The summed E-state index contributed by atoms with van der Waals surface area (Å²) in [6, 6.07) is 3.85. The molecule has 3 rings (SSSR count). The molecule has 0 spiro atoms. The molecule has 0 radical (unpaired) electrons. The van der Waals surface area contributed by atoms with Crippen molar-refractivity contribution in [2.24, 2.45) is 7.05 Å². The average molecular weight is 333 g/mol. The Morgan fingerprint density at radius 3 is 2.83 bits per heavy atom. The minimum atomic E-state index is -0.318. The number of rotatable bonds is 4. The van der Waals surface area contributed by atoms with Crippen LogP contribution in [0.5, 0.6) is 0 Å². The number of carbonyl (C=O) groups is 1. The lowest BCUT2D eigenvalue weighted by Gasteiger charge is -2.37. The molecule has 8 heteroatoms. The third-order valence-corrected chi connectivity index (χ3v) is 4.57. The SMILES string of the molecule is COC(=O)c1ccc(CN2CCN(C)C(c3nc(C)no3)C2)n1C. The topological polar surface area (TPSA) is 76.6 Å². The molecule has 2 aromatic rings. The smallest absolute Gasteiger partial charge is 0.354 e. The van der Waals surface area contributed by atoms with Crippen LogP contribution >= 0.6 is 0 Å². The molecule has 0 bridgehead atoms. The van der Waals surface area contributed by atoms with Crippen molar-refractivity contribution in [1.82, 2.24) is 24.5 Å². The van der Waals surface area contributed by atoms with Crippen LogP contribution in [-0.2, 0) is 18.3 Å². The molecule has 1 fully saturated rings. The zero-order valence-corrected chi connectivity index (χ0v) is 14.5. The molecule has 0 amide bonds. The van der Waals surface area contributed by atoms with Crippen molar-refractivity contribution in [2.45, 2.75) is 19.5 Å². The van der Waals surface area contributed by atoms with Crippen molar-refractivity contribution in [1.29, 1.82) is 0 Å². The number of aryl methyl sites for hydroxylation is 1. The first-order chi connectivity index (χ1) is 11.5. The number of methoxy groups -OCH3 is 1. The van der Waals surface area contributed by atoms with Gasteiger partial charge in [-0.05, 0) is 26.1 Å². The first kappa shape index (κ1) is 16.7. The van der Waals surface area contributed by atoms with Crippen LogP contribution in [0.25, 0.3) is 0 Å². The lowest BCUT2D eigenvalue weighted by Crippen LogP contribution is -2.46. The minimum absolute atomic E-state index is 0.0836. The van der Waals surface area contributed by atoms with Gasteiger partial charge in [0.05, 0.1) is 7.11 Å². The maximum atomic E-state index is 11.7. The van der Waals surface area contributed by atoms with Crippen LogP contribution in [0.3, 0.4) is 0 Å². The molecule has 24 heavy (non-hydrogen) atoms. The molecule has 0 saturated carbocycles. The van der Waals surface area contributed by atoms with Crippen molar-refractivity contribution in [3.8, 4) is 0 Å². The van der Waals surface area contributed by atoms with Gasteiger partial charge in [0.2, 0.25) is 5.89 Å². The van der Waals surface area contributed by atoms with E-state index < -0.39 is 0 Å². The summed E-state index contributed by atoms with van der Waals surface area (Å²) in [6.45, 7) is 5.24. The highest BCUT2D eigenvalue weighted by molar-refractivity contribution is 5.87. The standard InChI is InChI=1S/C16H23N5O3/c1-11-17-15(24-18-11)14-10-21(8-7-19(14)2)9-12-5-6-13(20(12)3)16(22)23-4/h5-6,14H,7-10H2,1-4H3. The molecule has 1 atom stereocenters. The van der Waals surface area contributed by atoms with Gasteiger partial charge in [-0.15, -0.1) is 0 Å². The molecular formula is C16H23N5O3. The Labute approximate surface area is 141 Å². The van der Waals surface area contributed by atoms with Crippen LogP contribution in [0, 0.1) is 6.92 Å². The van der Waals surface area contributed by atoms with Crippen molar-refractivity contribution >= 4 is 5.97 Å². The normalized spacial score (nSPS) is 19.6. The van der Waals surface area contributed by atoms with Gasteiger partial charge < -0.3 is 13.8 Å². The molecule has 1 unspecified atom stereocenters. The maximum absolute atomic E-state index is 11.7. The largest absolute Gasteiger partial charge is 0.464 e. The maximum Gasteiger partial charge on any atom is 0.354 e. The molecule has 2 aromatic heterocycles. The number of likely N-dealkylation sites (N-methyl/N-ethyl adjacent to an activating group) is 1. The number of ether oxygens (including phenoxy) is 1. The predicted octanol–water partition coefficient (Wildman–Crippen LogP) is 0.992. The third-order valence-electron chi connectivity index (χ3n) is 4.57. The summed E-state index contributed by atoms with van der Waals surface area (Å²) in [4.78, 5) is 20.7. The number of piperazine rings is 1. The van der Waals surface area contributed by atoms with Crippen molar-refractivity contribution in [3.63, 3.8) is 0 Å². The van der Waals surface area contributed by atoms with Gasteiger partial charge >= 0.3 is 5.97 Å². The summed E-state index contributed by atoms with van der Waals surface area (Å²) in [5, 5.41) is 3.89. The molecule has 1 saturated heterocycles. The van der Waals surface area contributed by atoms with E-state index >= 15 is 0 Å². The lowest BCUT2D eigenvalue weighted by atomic mass is 10.1. The van der Waals surface area contributed by atoms with Crippen LogP contribution in [0.4, 0.5) is 0 Å². The summed E-state index contributed by atoms with van der Waals surface area (Å²) in [5.74, 6) is 0.990. The second-order valence-electron chi connectivity index (χ2n) is 6.17. The van der Waals surface area contributed by atoms with Gasteiger partial charge in [-0.25, -0.2) is 4.79 Å². The van der Waals surface area contributed by atoms with Gasteiger partial charge in [0.25, 0.3) is 0 Å². The Kier molecular flexibility index (Phi) is 4.68. The predicted molar refractivity (Wildman–Crippen MR) is 86.4 cm³/mol. The number of hydrogen-bond acceptors (Lipinski definition) is 7. The number of aromatic nitrogens is 3. The molecule has 3 heterocycles. The summed E-state index contributed by atoms with van der Waals surface area (Å²) < 4.78 is 12.0. The lowest BCUT2D eigenvalue weighted by molar-refractivity contribution is 0.0586. The van der Waals surface area contributed by atoms with Crippen molar-refractivity contribution in [3.05, 3.63) is 35.2 Å². The third kappa shape index (κ3) is 3.20. The molecule has 8 nitrogen and oxygen atoms in total. The number of esters is 1. The first-order valence-corrected chi connectivity index (χ1v) is 7.95. The monoisotopic (exact) mass is 333 g/mol. The number of hydrogen-bond donors (Lipinski definition) is 0. The van der Waals surface area contributed by atoms with Gasteiger partial charge in [-0.3, -0.25) is 9.80 Å². The molecule has 0 aliphatic carbocycles. The zero-order chi connectivity index (χ0) is 17.3. The minimum Gasteiger partial charge on any atom is -0.464 e. The number of carbonyl (C=O) groups excluding carboxylic acids is 1. The summed E-state index contributed by atoms with van der Waals surface area (Å²) >= 11 is 0. The molecule has 1 aliphatic rings. The highest BCUT2D eigenvalue weighted by Crippen LogP contribution is 2.24. The quantitative estimate of drug-likeness (QED) is 0.772. The van der Waals surface area contributed by atoms with E-state index in [1.54, 1.807) is 6.07 Å². The summed E-state index contributed by atoms with van der Waals surface area (Å²) in [5.41, 5.74) is 1.63. The molecule has 130 valence electrons. The Balaban J connectivity index is 1.72. The van der Waals surface area contributed by atoms with E-state index in [1.165, 1.54) is 7.11 Å². The van der Waals surface area contributed by atoms with Crippen molar-refractivity contribution in [2.75, 3.05) is 33.8 Å². The van der Waals surface area contributed by atoms with Gasteiger partial charge in [0.1, 0.15) is 11.7 Å². The van der Waals surface area contributed by atoms with Gasteiger partial charge in [0, 0.05) is 38.9 Å². The van der Waals surface area contributed by atoms with E-state index in [1.807, 2.05) is 24.6 Å². The highest BCUT2D eigenvalue weighted by Gasteiger charge is 2.30. The molecule has 0 N–H and O–H groups in total. The summed E-state index contributed by atoms with van der Waals surface area (Å²) in [6.07, 6.45) is 0. The van der Waals surface area contributed by atoms with E-state index in [2.05, 4.69) is 27.0 Å².